The van der Waals surface area contributed by atoms with E-state index in [1.807, 2.05) is 0 Å². The summed E-state index contributed by atoms with van der Waals surface area (Å²) >= 11 is 0. The molecule has 0 N–H and O–H groups in total. The van der Waals surface area contributed by atoms with E-state index in [2.05, 4.69) is 23.6 Å². The Labute approximate surface area is 133 Å². The molecule has 2 heterocycles. The van der Waals surface area contributed by atoms with Gasteiger partial charge in [0.1, 0.15) is 0 Å². The average molecular weight is 295 g/mol. The molecule has 0 aromatic rings. The van der Waals surface area contributed by atoms with Crippen LogP contribution in [0.25, 0.3) is 0 Å². The van der Waals surface area contributed by atoms with Gasteiger partial charge >= 0.3 is 0 Å². The molecule has 2 nitrogen and oxygen atoms in total. The third kappa shape index (κ3) is 7.15. The van der Waals surface area contributed by atoms with Gasteiger partial charge in [0.25, 0.3) is 0 Å². The van der Waals surface area contributed by atoms with Gasteiger partial charge in [0.15, 0.2) is 0 Å². The van der Waals surface area contributed by atoms with E-state index in [4.69, 9.17) is 0 Å². The van der Waals surface area contributed by atoms with Crippen LogP contribution >= 0.6 is 0 Å². The monoisotopic (exact) mass is 294 g/mol. The van der Waals surface area contributed by atoms with Gasteiger partial charge in [-0.1, -0.05) is 39.5 Å². The second-order valence-electron chi connectivity index (χ2n) is 7.82. The van der Waals surface area contributed by atoms with Crippen LogP contribution in [-0.4, -0.2) is 49.1 Å². The van der Waals surface area contributed by atoms with Gasteiger partial charge in [-0.3, -0.25) is 0 Å². The van der Waals surface area contributed by atoms with E-state index in [0.29, 0.717) is 0 Å². The topological polar surface area (TPSA) is 6.48 Å². The lowest BCUT2D eigenvalue weighted by Crippen LogP contribution is -2.34. The molecule has 0 bridgehead atoms. The Morgan fingerprint density at radius 2 is 1.10 bits per heavy atom. The second kappa shape index (κ2) is 9.84. The lowest BCUT2D eigenvalue weighted by Gasteiger charge is -2.30. The molecule has 0 aliphatic carbocycles. The molecule has 2 fully saturated rings. The standard InChI is InChI=1S/C19H38N2/c1-18-8-3-5-12-20(16-10-18)14-7-15-21-13-6-4-9-19(2)11-17-21/h18-19H,3-17H2,1-2H3. The Balaban J connectivity index is 1.62. The van der Waals surface area contributed by atoms with E-state index in [1.165, 1.54) is 97.1 Å². The van der Waals surface area contributed by atoms with Crippen LogP contribution in [0.3, 0.4) is 0 Å². The van der Waals surface area contributed by atoms with Crippen molar-refractivity contribution < 1.29 is 0 Å². The van der Waals surface area contributed by atoms with Crippen molar-refractivity contribution in [3.63, 3.8) is 0 Å². The molecule has 124 valence electrons. The van der Waals surface area contributed by atoms with E-state index in [0.717, 1.165) is 11.8 Å². The second-order valence-corrected chi connectivity index (χ2v) is 7.82. The zero-order chi connectivity index (χ0) is 14.9. The molecule has 0 aromatic carbocycles. The first-order chi connectivity index (χ1) is 10.2. The van der Waals surface area contributed by atoms with Crippen LogP contribution in [-0.2, 0) is 0 Å². The predicted octanol–water partition coefficient (Wildman–Crippen LogP) is 4.40. The largest absolute Gasteiger partial charge is 0.303 e. The van der Waals surface area contributed by atoms with Crippen LogP contribution in [0.5, 0.6) is 0 Å². The lowest BCUT2D eigenvalue weighted by molar-refractivity contribution is 0.188. The Bertz CT molecular complexity index is 240. The highest BCUT2D eigenvalue weighted by atomic mass is 15.1. The van der Waals surface area contributed by atoms with Crippen molar-refractivity contribution in [1.82, 2.24) is 9.80 Å². The van der Waals surface area contributed by atoms with E-state index in [9.17, 15) is 0 Å². The first kappa shape index (κ1) is 17.3. The van der Waals surface area contributed by atoms with Gasteiger partial charge < -0.3 is 9.80 Å². The summed E-state index contributed by atoms with van der Waals surface area (Å²) in [5.41, 5.74) is 0. The summed E-state index contributed by atoms with van der Waals surface area (Å²) in [6.45, 7) is 12.9. The fourth-order valence-electron chi connectivity index (χ4n) is 3.94. The molecule has 0 spiro atoms. The number of hydrogen-bond acceptors (Lipinski definition) is 2. The first-order valence-electron chi connectivity index (χ1n) is 9.69. The summed E-state index contributed by atoms with van der Waals surface area (Å²) in [6, 6.07) is 0. The summed E-state index contributed by atoms with van der Waals surface area (Å²) in [4.78, 5) is 5.48. The molecule has 2 aliphatic heterocycles. The van der Waals surface area contributed by atoms with Crippen LogP contribution in [0.15, 0.2) is 0 Å². The molecule has 2 saturated heterocycles. The van der Waals surface area contributed by atoms with E-state index in [-0.39, 0.29) is 0 Å². The van der Waals surface area contributed by atoms with E-state index >= 15 is 0 Å². The van der Waals surface area contributed by atoms with Crippen molar-refractivity contribution in [1.29, 1.82) is 0 Å². The van der Waals surface area contributed by atoms with Crippen LogP contribution < -0.4 is 0 Å². The smallest absolute Gasteiger partial charge is 0.000655 e. The van der Waals surface area contributed by atoms with Crippen molar-refractivity contribution in [2.24, 2.45) is 11.8 Å². The van der Waals surface area contributed by atoms with Crippen LogP contribution in [0.1, 0.15) is 71.6 Å². The normalized spacial score (nSPS) is 31.1. The minimum absolute atomic E-state index is 0.948. The molecule has 0 aromatic heterocycles. The maximum atomic E-state index is 2.74. The van der Waals surface area contributed by atoms with E-state index in [1.54, 1.807) is 0 Å². The molecule has 2 atom stereocenters. The molecule has 2 unspecified atom stereocenters. The summed E-state index contributed by atoms with van der Waals surface area (Å²) in [5.74, 6) is 1.90. The van der Waals surface area contributed by atoms with Crippen LogP contribution in [0.2, 0.25) is 0 Å². The molecule has 2 rings (SSSR count). The van der Waals surface area contributed by atoms with Gasteiger partial charge in [-0.25, -0.2) is 0 Å². The van der Waals surface area contributed by atoms with Gasteiger partial charge in [-0.05, 0) is 83.2 Å². The van der Waals surface area contributed by atoms with Crippen molar-refractivity contribution >= 4 is 0 Å². The summed E-state index contributed by atoms with van der Waals surface area (Å²) in [7, 11) is 0. The average Bonchev–Trinajstić information content (AvgIpc) is 2.44. The van der Waals surface area contributed by atoms with Crippen molar-refractivity contribution in [2.75, 3.05) is 39.3 Å². The minimum atomic E-state index is 0.948. The molecule has 2 aliphatic rings. The highest BCUT2D eigenvalue weighted by molar-refractivity contribution is 4.69. The third-order valence-electron chi connectivity index (χ3n) is 5.67. The van der Waals surface area contributed by atoms with Crippen molar-refractivity contribution in [3.8, 4) is 0 Å². The highest BCUT2D eigenvalue weighted by Crippen LogP contribution is 2.18. The zero-order valence-corrected chi connectivity index (χ0v) is 14.7. The Kier molecular flexibility index (Phi) is 8.10. The lowest BCUT2D eigenvalue weighted by atomic mass is 9.97. The maximum absolute atomic E-state index is 2.74. The van der Waals surface area contributed by atoms with Gasteiger partial charge in [-0.2, -0.15) is 0 Å². The fraction of sp³-hybridized carbons (Fsp3) is 1.00. The molecular formula is C19H38N2. The third-order valence-corrected chi connectivity index (χ3v) is 5.67. The number of likely N-dealkylation sites (tertiary alicyclic amines) is 2. The minimum Gasteiger partial charge on any atom is -0.303 e. The van der Waals surface area contributed by atoms with Gasteiger partial charge in [0.2, 0.25) is 0 Å². The molecule has 21 heavy (non-hydrogen) atoms. The molecule has 0 saturated carbocycles. The molecule has 0 radical (unpaired) electrons. The summed E-state index contributed by atoms with van der Waals surface area (Å²) < 4.78 is 0. The van der Waals surface area contributed by atoms with Gasteiger partial charge in [0.05, 0.1) is 0 Å². The van der Waals surface area contributed by atoms with Crippen LogP contribution in [0, 0.1) is 11.8 Å². The number of rotatable bonds is 4. The van der Waals surface area contributed by atoms with Crippen molar-refractivity contribution in [2.45, 2.75) is 71.6 Å². The summed E-state index contributed by atoms with van der Waals surface area (Å²) in [6.07, 6.45) is 12.9. The fourth-order valence-corrected chi connectivity index (χ4v) is 3.94. The molecular weight excluding hydrogens is 256 g/mol. The first-order valence-corrected chi connectivity index (χ1v) is 9.69. The maximum Gasteiger partial charge on any atom is -0.000655 e. The van der Waals surface area contributed by atoms with Gasteiger partial charge in [-0.15, -0.1) is 0 Å². The number of hydrogen-bond donors (Lipinski definition) is 0. The van der Waals surface area contributed by atoms with E-state index < -0.39 is 0 Å². The predicted molar refractivity (Wildman–Crippen MR) is 92.8 cm³/mol. The van der Waals surface area contributed by atoms with Crippen LogP contribution in [0.4, 0.5) is 0 Å². The zero-order valence-electron chi connectivity index (χ0n) is 14.7. The SMILES string of the molecule is CC1CCCCN(CCCN2CCCCC(C)CC2)CC1. The highest BCUT2D eigenvalue weighted by Gasteiger charge is 2.14. The van der Waals surface area contributed by atoms with Gasteiger partial charge in [0, 0.05) is 0 Å². The van der Waals surface area contributed by atoms with Crippen molar-refractivity contribution in [3.05, 3.63) is 0 Å². The quantitative estimate of drug-likeness (QED) is 0.758. The number of nitrogens with zero attached hydrogens (tertiary/aromatic N) is 2. The Morgan fingerprint density at radius 1 is 0.619 bits per heavy atom. The Hall–Kier alpha value is -0.0800. The summed E-state index contributed by atoms with van der Waals surface area (Å²) in [5, 5.41) is 0. The Morgan fingerprint density at radius 3 is 1.57 bits per heavy atom. The molecule has 0 amide bonds. The molecule has 2 heteroatoms.